The smallest absolute Gasteiger partial charge is 0.255 e. The maximum atomic E-state index is 13.2. The van der Waals surface area contributed by atoms with Crippen LogP contribution in [-0.2, 0) is 20.0 Å². The Morgan fingerprint density at radius 2 is 2.03 bits per heavy atom. The molecular formula is C21H27N7O. The molecule has 0 spiro atoms. The summed E-state index contributed by atoms with van der Waals surface area (Å²) in [7, 11) is 1.88. The number of likely N-dealkylation sites (tertiary alicyclic amines) is 1. The number of amides is 1. The molecule has 5 rings (SSSR count). The molecule has 0 radical (unpaired) electrons. The van der Waals surface area contributed by atoms with E-state index in [1.54, 1.807) is 10.9 Å². The van der Waals surface area contributed by atoms with Crippen molar-refractivity contribution in [2.75, 3.05) is 13.1 Å². The van der Waals surface area contributed by atoms with Gasteiger partial charge in [0.1, 0.15) is 11.6 Å². The Hall–Kier alpha value is -2.77. The second kappa shape index (κ2) is 7.24. The first-order valence-corrected chi connectivity index (χ1v) is 10.6. The molecule has 1 atom stereocenters. The largest absolute Gasteiger partial charge is 0.338 e. The summed E-state index contributed by atoms with van der Waals surface area (Å²) in [6.07, 6.45) is 8.36. The van der Waals surface area contributed by atoms with Crippen molar-refractivity contribution in [2.45, 2.75) is 57.9 Å². The van der Waals surface area contributed by atoms with Gasteiger partial charge in [-0.2, -0.15) is 5.10 Å². The van der Waals surface area contributed by atoms with Crippen LogP contribution in [0.25, 0.3) is 11.0 Å². The van der Waals surface area contributed by atoms with Crippen LogP contribution in [0.4, 0.5) is 0 Å². The van der Waals surface area contributed by atoms with Crippen molar-refractivity contribution in [3.63, 3.8) is 0 Å². The predicted molar refractivity (Wildman–Crippen MR) is 109 cm³/mol. The zero-order valence-corrected chi connectivity index (χ0v) is 17.1. The molecule has 0 saturated carbocycles. The number of hydrogen-bond donors (Lipinski definition) is 0. The van der Waals surface area contributed by atoms with Crippen molar-refractivity contribution < 1.29 is 4.79 Å². The summed E-state index contributed by atoms with van der Waals surface area (Å²) in [5, 5.41) is 14.3. The van der Waals surface area contributed by atoms with Crippen LogP contribution in [0.1, 0.15) is 65.7 Å². The standard InChI is InChI=1S/C21H27N7O/c1-14-17-11-16(12-22-20(17)26(2)25-14)21(29)27-9-6-7-15(13-27)19-24-23-18-8-4-3-5-10-28(18)19/h11-12,15H,3-10,13H2,1-2H3/t15-/m1/s1. The minimum Gasteiger partial charge on any atom is -0.338 e. The van der Waals surface area contributed by atoms with E-state index in [0.717, 1.165) is 60.7 Å². The third kappa shape index (κ3) is 3.20. The van der Waals surface area contributed by atoms with E-state index in [1.165, 1.54) is 19.3 Å². The predicted octanol–water partition coefficient (Wildman–Crippen LogP) is 2.61. The van der Waals surface area contributed by atoms with Gasteiger partial charge in [0.15, 0.2) is 5.65 Å². The highest BCUT2D eigenvalue weighted by atomic mass is 16.2. The molecule has 5 heterocycles. The average Bonchev–Trinajstić information content (AvgIpc) is 3.17. The van der Waals surface area contributed by atoms with E-state index in [-0.39, 0.29) is 11.8 Å². The van der Waals surface area contributed by atoms with Gasteiger partial charge in [-0.05, 0) is 38.7 Å². The third-order valence-electron chi connectivity index (χ3n) is 6.32. The number of pyridine rings is 1. The molecule has 152 valence electrons. The third-order valence-corrected chi connectivity index (χ3v) is 6.32. The molecule has 0 unspecified atom stereocenters. The summed E-state index contributed by atoms with van der Waals surface area (Å²) < 4.78 is 4.07. The quantitative estimate of drug-likeness (QED) is 0.668. The van der Waals surface area contributed by atoms with Crippen LogP contribution in [0.15, 0.2) is 12.3 Å². The van der Waals surface area contributed by atoms with Crippen LogP contribution in [0.3, 0.4) is 0 Å². The van der Waals surface area contributed by atoms with Crippen LogP contribution in [0, 0.1) is 6.92 Å². The highest BCUT2D eigenvalue weighted by molar-refractivity contribution is 5.97. The van der Waals surface area contributed by atoms with Gasteiger partial charge in [0.05, 0.1) is 11.3 Å². The fourth-order valence-corrected chi connectivity index (χ4v) is 4.79. The van der Waals surface area contributed by atoms with E-state index >= 15 is 0 Å². The van der Waals surface area contributed by atoms with Crippen molar-refractivity contribution in [1.29, 1.82) is 0 Å². The summed E-state index contributed by atoms with van der Waals surface area (Å²) in [5.41, 5.74) is 2.34. The van der Waals surface area contributed by atoms with Gasteiger partial charge < -0.3 is 9.47 Å². The van der Waals surface area contributed by atoms with Gasteiger partial charge in [-0.3, -0.25) is 9.48 Å². The van der Waals surface area contributed by atoms with Crippen molar-refractivity contribution in [3.05, 3.63) is 35.2 Å². The van der Waals surface area contributed by atoms with Crippen LogP contribution < -0.4 is 0 Å². The van der Waals surface area contributed by atoms with Crippen molar-refractivity contribution >= 4 is 16.9 Å². The van der Waals surface area contributed by atoms with Gasteiger partial charge in [-0.25, -0.2) is 4.98 Å². The number of piperidine rings is 1. The minimum absolute atomic E-state index is 0.0444. The lowest BCUT2D eigenvalue weighted by Gasteiger charge is -2.32. The molecule has 0 bridgehead atoms. The minimum atomic E-state index is 0.0444. The van der Waals surface area contributed by atoms with Gasteiger partial charge in [-0.15, -0.1) is 10.2 Å². The monoisotopic (exact) mass is 393 g/mol. The fraction of sp³-hybridized carbons (Fsp3) is 0.571. The average molecular weight is 393 g/mol. The Labute approximate surface area is 169 Å². The molecule has 0 aromatic carbocycles. The van der Waals surface area contributed by atoms with E-state index in [4.69, 9.17) is 0 Å². The second-order valence-corrected chi connectivity index (χ2v) is 8.33. The number of rotatable bonds is 2. The van der Waals surface area contributed by atoms with Gasteiger partial charge in [0.25, 0.3) is 5.91 Å². The number of carbonyl (C=O) groups is 1. The Morgan fingerprint density at radius 1 is 1.14 bits per heavy atom. The first-order chi connectivity index (χ1) is 14.1. The summed E-state index contributed by atoms with van der Waals surface area (Å²) >= 11 is 0. The summed E-state index contributed by atoms with van der Waals surface area (Å²) in [4.78, 5) is 19.7. The Morgan fingerprint density at radius 3 is 2.93 bits per heavy atom. The number of hydrogen-bond acceptors (Lipinski definition) is 5. The molecule has 29 heavy (non-hydrogen) atoms. The molecule has 0 aliphatic carbocycles. The summed E-state index contributed by atoms with van der Waals surface area (Å²) in [5.74, 6) is 2.48. The van der Waals surface area contributed by atoms with Crippen molar-refractivity contribution in [3.8, 4) is 0 Å². The van der Waals surface area contributed by atoms with Gasteiger partial charge in [-0.1, -0.05) is 6.42 Å². The molecule has 3 aromatic heterocycles. The number of nitrogens with zero attached hydrogens (tertiary/aromatic N) is 7. The number of aryl methyl sites for hydroxylation is 3. The molecule has 2 aliphatic rings. The van der Waals surface area contributed by atoms with Gasteiger partial charge >= 0.3 is 0 Å². The molecule has 8 nitrogen and oxygen atoms in total. The molecule has 8 heteroatoms. The SMILES string of the molecule is Cc1nn(C)c2ncc(C(=O)N3CCC[C@@H](c4nnc5n4CCCCC5)C3)cc12. The normalized spacial score (nSPS) is 19.9. The van der Waals surface area contributed by atoms with Gasteiger partial charge in [0, 0.05) is 50.6 Å². The Balaban J connectivity index is 1.39. The molecule has 2 aliphatic heterocycles. The van der Waals surface area contributed by atoms with Crippen LogP contribution in [-0.4, -0.2) is 53.4 Å². The molecule has 1 amide bonds. The lowest BCUT2D eigenvalue weighted by atomic mass is 9.96. The Kier molecular flexibility index (Phi) is 4.56. The van der Waals surface area contributed by atoms with E-state index in [0.29, 0.717) is 12.1 Å². The molecule has 1 fully saturated rings. The number of aromatic nitrogens is 6. The maximum absolute atomic E-state index is 13.2. The molecular weight excluding hydrogens is 366 g/mol. The van der Waals surface area contributed by atoms with Crippen molar-refractivity contribution in [1.82, 2.24) is 34.4 Å². The topological polar surface area (TPSA) is 81.7 Å². The summed E-state index contributed by atoms with van der Waals surface area (Å²) in [6.45, 7) is 4.43. The second-order valence-electron chi connectivity index (χ2n) is 8.33. The number of fused-ring (bicyclic) bond motifs is 2. The molecule has 3 aromatic rings. The molecule has 0 N–H and O–H groups in total. The first kappa shape index (κ1) is 18.3. The Bertz CT molecular complexity index is 1070. The van der Waals surface area contributed by atoms with Crippen LogP contribution in [0.2, 0.25) is 0 Å². The maximum Gasteiger partial charge on any atom is 0.255 e. The van der Waals surface area contributed by atoms with Crippen LogP contribution in [0.5, 0.6) is 0 Å². The van der Waals surface area contributed by atoms with Gasteiger partial charge in [0.2, 0.25) is 0 Å². The fourth-order valence-electron chi connectivity index (χ4n) is 4.79. The van der Waals surface area contributed by atoms with E-state index in [9.17, 15) is 4.79 Å². The molecule has 1 saturated heterocycles. The highest BCUT2D eigenvalue weighted by Crippen LogP contribution is 2.29. The summed E-state index contributed by atoms with van der Waals surface area (Å²) in [6, 6.07) is 1.93. The first-order valence-electron chi connectivity index (χ1n) is 10.6. The van der Waals surface area contributed by atoms with Crippen molar-refractivity contribution in [2.24, 2.45) is 7.05 Å². The van der Waals surface area contributed by atoms with E-state index in [1.807, 2.05) is 24.9 Å². The zero-order valence-electron chi connectivity index (χ0n) is 17.1. The lowest BCUT2D eigenvalue weighted by molar-refractivity contribution is 0.0703. The lowest BCUT2D eigenvalue weighted by Crippen LogP contribution is -2.39. The zero-order chi connectivity index (χ0) is 20.0. The highest BCUT2D eigenvalue weighted by Gasteiger charge is 2.30. The van der Waals surface area contributed by atoms with Crippen LogP contribution >= 0.6 is 0 Å². The number of carbonyl (C=O) groups excluding carboxylic acids is 1. The van der Waals surface area contributed by atoms with E-state index < -0.39 is 0 Å². The van der Waals surface area contributed by atoms with E-state index in [2.05, 4.69) is 24.8 Å².